The van der Waals surface area contributed by atoms with Crippen LogP contribution in [0.4, 0.5) is 10.1 Å². The number of hydrogen-bond donors (Lipinski definition) is 1. The number of carbonyl (C=O) groups is 2. The molecule has 2 rings (SSSR count). The topological polar surface area (TPSA) is 49.4 Å². The third-order valence-electron chi connectivity index (χ3n) is 3.79. The molecule has 0 aliphatic carbocycles. The van der Waals surface area contributed by atoms with Gasteiger partial charge in [0.05, 0.1) is 11.6 Å². The first-order chi connectivity index (χ1) is 12.3. The van der Waals surface area contributed by atoms with Crippen LogP contribution in [0.2, 0.25) is 5.02 Å². The molecule has 0 bridgehead atoms. The van der Waals surface area contributed by atoms with Crippen molar-refractivity contribution in [2.24, 2.45) is 0 Å². The maximum Gasteiger partial charge on any atom is 0.246 e. The lowest BCUT2D eigenvalue weighted by Crippen LogP contribution is -2.34. The second-order valence-corrected chi connectivity index (χ2v) is 6.47. The number of anilines is 1. The zero-order chi connectivity index (χ0) is 19.3. The van der Waals surface area contributed by atoms with Crippen LogP contribution in [0.1, 0.15) is 16.7 Å². The molecular formula is C20H20ClFN2O2. The lowest BCUT2D eigenvalue weighted by Gasteiger charge is -2.16. The average molecular weight is 375 g/mol. The van der Waals surface area contributed by atoms with Crippen LogP contribution >= 0.6 is 11.6 Å². The fourth-order valence-corrected chi connectivity index (χ4v) is 2.45. The predicted octanol–water partition coefficient (Wildman–Crippen LogP) is 4.21. The van der Waals surface area contributed by atoms with E-state index < -0.39 is 5.82 Å². The summed E-state index contributed by atoms with van der Waals surface area (Å²) in [7, 11) is 1.53. The van der Waals surface area contributed by atoms with Gasteiger partial charge in [-0.25, -0.2) is 4.39 Å². The van der Waals surface area contributed by atoms with Gasteiger partial charge in [-0.05, 0) is 54.8 Å². The molecule has 0 radical (unpaired) electrons. The second kappa shape index (κ2) is 8.63. The van der Waals surface area contributed by atoms with Crippen molar-refractivity contribution in [3.63, 3.8) is 0 Å². The quantitative estimate of drug-likeness (QED) is 0.797. The molecule has 0 fully saturated rings. The van der Waals surface area contributed by atoms with Gasteiger partial charge in [0.2, 0.25) is 11.8 Å². The van der Waals surface area contributed by atoms with Crippen LogP contribution in [0.5, 0.6) is 0 Å². The van der Waals surface area contributed by atoms with Crippen molar-refractivity contribution in [3.05, 3.63) is 70.0 Å². The van der Waals surface area contributed by atoms with Crippen LogP contribution in [0.15, 0.2) is 42.5 Å². The summed E-state index contributed by atoms with van der Waals surface area (Å²) in [6.07, 6.45) is 2.83. The van der Waals surface area contributed by atoms with Crippen LogP contribution in [0, 0.1) is 19.7 Å². The number of likely N-dealkylation sites (N-methyl/N-ethyl adjacent to an activating group) is 1. The Kier molecular flexibility index (Phi) is 6.52. The van der Waals surface area contributed by atoms with Gasteiger partial charge < -0.3 is 10.2 Å². The lowest BCUT2D eigenvalue weighted by molar-refractivity contribution is -0.129. The predicted molar refractivity (Wildman–Crippen MR) is 103 cm³/mol. The minimum atomic E-state index is -0.518. The highest BCUT2D eigenvalue weighted by molar-refractivity contribution is 6.30. The number of halogens is 2. The van der Waals surface area contributed by atoms with Crippen molar-refractivity contribution >= 4 is 35.2 Å². The van der Waals surface area contributed by atoms with E-state index in [9.17, 15) is 14.0 Å². The molecular weight excluding hydrogens is 355 g/mol. The SMILES string of the molecule is Cc1ccc(C)c(NC(=O)CN(C)C(=O)/C=C/c2ccc(F)c(Cl)c2)c1. The third kappa shape index (κ3) is 5.43. The van der Waals surface area contributed by atoms with Crippen molar-refractivity contribution < 1.29 is 14.0 Å². The smallest absolute Gasteiger partial charge is 0.246 e. The van der Waals surface area contributed by atoms with Crippen molar-refractivity contribution in [3.8, 4) is 0 Å². The Morgan fingerprint density at radius 1 is 1.19 bits per heavy atom. The normalized spacial score (nSPS) is 10.8. The highest BCUT2D eigenvalue weighted by Gasteiger charge is 2.12. The minimum absolute atomic E-state index is 0.0131. The van der Waals surface area contributed by atoms with E-state index in [0.29, 0.717) is 5.56 Å². The first-order valence-electron chi connectivity index (χ1n) is 8.01. The summed E-state index contributed by atoms with van der Waals surface area (Å²) in [6.45, 7) is 3.76. The Bertz CT molecular complexity index is 865. The van der Waals surface area contributed by atoms with Gasteiger partial charge in [0.15, 0.2) is 0 Å². The number of hydrogen-bond acceptors (Lipinski definition) is 2. The van der Waals surface area contributed by atoms with Crippen LogP contribution in [-0.2, 0) is 9.59 Å². The molecule has 2 amide bonds. The molecule has 0 unspecified atom stereocenters. The highest BCUT2D eigenvalue weighted by Crippen LogP contribution is 2.17. The van der Waals surface area contributed by atoms with Crippen LogP contribution in [0.25, 0.3) is 6.08 Å². The third-order valence-corrected chi connectivity index (χ3v) is 4.08. The molecule has 0 aliphatic heterocycles. The summed E-state index contributed by atoms with van der Waals surface area (Å²) in [4.78, 5) is 25.6. The summed E-state index contributed by atoms with van der Waals surface area (Å²) in [5.74, 6) is -1.15. The van der Waals surface area contributed by atoms with E-state index in [1.54, 1.807) is 0 Å². The number of aryl methyl sites for hydroxylation is 2. The van der Waals surface area contributed by atoms with E-state index in [2.05, 4.69) is 5.32 Å². The largest absolute Gasteiger partial charge is 0.333 e. The highest BCUT2D eigenvalue weighted by atomic mass is 35.5. The van der Waals surface area contributed by atoms with Gasteiger partial charge >= 0.3 is 0 Å². The van der Waals surface area contributed by atoms with Gasteiger partial charge in [-0.2, -0.15) is 0 Å². The molecule has 1 N–H and O–H groups in total. The van der Waals surface area contributed by atoms with Gasteiger partial charge in [-0.15, -0.1) is 0 Å². The summed E-state index contributed by atoms with van der Waals surface area (Å²) >= 11 is 5.70. The Hall–Kier alpha value is -2.66. The van der Waals surface area contributed by atoms with Gasteiger partial charge in [-0.1, -0.05) is 29.8 Å². The number of carbonyl (C=O) groups excluding carboxylic acids is 2. The molecule has 26 heavy (non-hydrogen) atoms. The van der Waals surface area contributed by atoms with Crippen LogP contribution in [-0.4, -0.2) is 30.3 Å². The van der Waals surface area contributed by atoms with E-state index >= 15 is 0 Å². The Morgan fingerprint density at radius 2 is 1.92 bits per heavy atom. The zero-order valence-electron chi connectivity index (χ0n) is 14.8. The van der Waals surface area contributed by atoms with Crippen LogP contribution < -0.4 is 5.32 Å². The number of nitrogens with zero attached hydrogens (tertiary/aromatic N) is 1. The van der Waals surface area contributed by atoms with Crippen molar-refractivity contribution in [2.75, 3.05) is 18.9 Å². The molecule has 0 spiro atoms. The van der Waals surface area contributed by atoms with Crippen LogP contribution in [0.3, 0.4) is 0 Å². The Balaban J connectivity index is 1.95. The second-order valence-electron chi connectivity index (χ2n) is 6.07. The molecule has 2 aromatic carbocycles. The Labute approximate surface area is 157 Å². The summed E-state index contributed by atoms with van der Waals surface area (Å²) in [5, 5.41) is 2.80. The molecule has 4 nitrogen and oxygen atoms in total. The van der Waals surface area contributed by atoms with E-state index in [1.165, 1.54) is 42.3 Å². The fourth-order valence-electron chi connectivity index (χ4n) is 2.26. The van der Waals surface area contributed by atoms with Crippen molar-refractivity contribution in [1.29, 1.82) is 0 Å². The standard InChI is InChI=1S/C20H20ClFN2O2/c1-13-4-5-14(2)18(10-13)23-19(25)12-24(3)20(26)9-7-15-6-8-17(22)16(21)11-15/h4-11H,12H2,1-3H3,(H,23,25)/b9-7+. The molecule has 136 valence electrons. The number of amides is 2. The molecule has 0 heterocycles. The lowest BCUT2D eigenvalue weighted by atomic mass is 10.1. The fraction of sp³-hybridized carbons (Fsp3) is 0.200. The maximum absolute atomic E-state index is 13.1. The maximum atomic E-state index is 13.1. The number of rotatable bonds is 5. The average Bonchev–Trinajstić information content (AvgIpc) is 2.58. The first kappa shape index (κ1) is 19.7. The molecule has 0 saturated heterocycles. The summed E-state index contributed by atoms with van der Waals surface area (Å²) in [5.41, 5.74) is 3.31. The molecule has 0 aliphatic rings. The molecule has 0 saturated carbocycles. The van der Waals surface area contributed by atoms with Gasteiger partial charge in [0.1, 0.15) is 5.82 Å². The number of benzene rings is 2. The van der Waals surface area contributed by atoms with E-state index in [4.69, 9.17) is 11.6 Å². The van der Waals surface area contributed by atoms with Gasteiger partial charge in [-0.3, -0.25) is 9.59 Å². The van der Waals surface area contributed by atoms with E-state index in [1.807, 2.05) is 32.0 Å². The minimum Gasteiger partial charge on any atom is -0.333 e. The van der Waals surface area contributed by atoms with Crippen molar-refractivity contribution in [1.82, 2.24) is 4.90 Å². The van der Waals surface area contributed by atoms with Crippen molar-refractivity contribution in [2.45, 2.75) is 13.8 Å². The van der Waals surface area contributed by atoms with Gasteiger partial charge in [0, 0.05) is 18.8 Å². The molecule has 0 aromatic heterocycles. The number of nitrogens with one attached hydrogen (secondary N) is 1. The van der Waals surface area contributed by atoms with E-state index in [-0.39, 0.29) is 23.4 Å². The molecule has 0 atom stereocenters. The Morgan fingerprint density at radius 3 is 2.62 bits per heavy atom. The van der Waals surface area contributed by atoms with Gasteiger partial charge in [0.25, 0.3) is 0 Å². The molecule has 2 aromatic rings. The van der Waals surface area contributed by atoms with E-state index in [0.717, 1.165) is 16.8 Å². The summed E-state index contributed by atoms with van der Waals surface area (Å²) in [6, 6.07) is 9.94. The molecule has 6 heteroatoms. The summed E-state index contributed by atoms with van der Waals surface area (Å²) < 4.78 is 13.1. The monoisotopic (exact) mass is 374 g/mol. The zero-order valence-corrected chi connectivity index (χ0v) is 15.6. The first-order valence-corrected chi connectivity index (χ1v) is 8.39.